The second-order valence-corrected chi connectivity index (χ2v) is 6.75. The summed E-state index contributed by atoms with van der Waals surface area (Å²) in [4.78, 5) is 23.6. The summed E-state index contributed by atoms with van der Waals surface area (Å²) in [5, 5.41) is 3.34. The Morgan fingerprint density at radius 3 is 2.79 bits per heavy atom. The maximum atomic E-state index is 12.1. The van der Waals surface area contributed by atoms with Crippen LogP contribution < -0.4 is 10.1 Å². The number of carbonyl (C=O) groups is 1. The lowest BCUT2D eigenvalue weighted by molar-refractivity contribution is -0.149. The van der Waals surface area contributed by atoms with Gasteiger partial charge in [0.15, 0.2) is 5.96 Å². The van der Waals surface area contributed by atoms with Crippen LogP contribution in [0, 0.1) is 19.8 Å². The van der Waals surface area contributed by atoms with Gasteiger partial charge in [-0.05, 0) is 40.5 Å². The van der Waals surface area contributed by atoms with E-state index < -0.39 is 0 Å². The van der Waals surface area contributed by atoms with Gasteiger partial charge in [-0.15, -0.1) is 24.0 Å². The zero-order valence-electron chi connectivity index (χ0n) is 17.6. The van der Waals surface area contributed by atoms with Crippen molar-refractivity contribution >= 4 is 35.9 Å². The fraction of sp³-hybridized carbons (Fsp3) is 0.650. The summed E-state index contributed by atoms with van der Waals surface area (Å²) in [6.45, 7) is 11.0. The van der Waals surface area contributed by atoms with Gasteiger partial charge in [0.05, 0.1) is 31.9 Å². The number of rotatable bonds is 6. The maximum absolute atomic E-state index is 12.1. The molecule has 2 heterocycles. The molecule has 1 fully saturated rings. The van der Waals surface area contributed by atoms with E-state index in [1.165, 1.54) is 0 Å². The first-order chi connectivity index (χ1) is 13.0. The van der Waals surface area contributed by atoms with Crippen molar-refractivity contribution in [1.29, 1.82) is 0 Å². The maximum Gasteiger partial charge on any atom is 0.310 e. The number of ether oxygens (including phenoxy) is 2. The standard InChI is InChI=1S/C20H32N4O3.HI/c1-6-21-20(24-10-8-9-16(13-24)19(25)27-7-2)23-12-17-15(4)18(26-5)14(3)11-22-17;/h11,16H,6-10,12-13H2,1-5H3,(H,21,23);1H. The van der Waals surface area contributed by atoms with Gasteiger partial charge in [0.25, 0.3) is 0 Å². The van der Waals surface area contributed by atoms with Gasteiger partial charge in [-0.3, -0.25) is 9.78 Å². The lowest BCUT2D eigenvalue weighted by Crippen LogP contribution is -2.48. The van der Waals surface area contributed by atoms with E-state index >= 15 is 0 Å². The van der Waals surface area contributed by atoms with E-state index in [1.54, 1.807) is 7.11 Å². The van der Waals surface area contributed by atoms with Gasteiger partial charge < -0.3 is 19.7 Å². The number of likely N-dealkylation sites (tertiary alicyclic amines) is 1. The number of pyridine rings is 1. The molecule has 8 heteroatoms. The lowest BCUT2D eigenvalue weighted by Gasteiger charge is -2.34. The molecule has 0 bridgehead atoms. The Balaban J connectivity index is 0.00000392. The number of aliphatic imine (C=N–C) groups is 1. The number of halogens is 1. The summed E-state index contributed by atoms with van der Waals surface area (Å²) in [6.07, 6.45) is 3.63. The molecule has 1 unspecified atom stereocenters. The van der Waals surface area contributed by atoms with E-state index in [0.29, 0.717) is 19.7 Å². The molecule has 28 heavy (non-hydrogen) atoms. The number of hydrogen-bond donors (Lipinski definition) is 1. The van der Waals surface area contributed by atoms with Crippen LogP contribution in [0.4, 0.5) is 0 Å². The minimum absolute atomic E-state index is 0. The number of esters is 1. The van der Waals surface area contributed by atoms with Gasteiger partial charge >= 0.3 is 5.97 Å². The van der Waals surface area contributed by atoms with E-state index in [4.69, 9.17) is 14.5 Å². The highest BCUT2D eigenvalue weighted by Gasteiger charge is 2.28. The summed E-state index contributed by atoms with van der Waals surface area (Å²) < 4.78 is 10.7. The first kappa shape index (κ1) is 24.5. The monoisotopic (exact) mass is 504 g/mol. The molecule has 0 amide bonds. The zero-order valence-corrected chi connectivity index (χ0v) is 19.9. The van der Waals surface area contributed by atoms with Crippen molar-refractivity contribution in [3.8, 4) is 5.75 Å². The van der Waals surface area contributed by atoms with Crippen LogP contribution in [-0.4, -0.2) is 55.2 Å². The summed E-state index contributed by atoms with van der Waals surface area (Å²) in [5.74, 6) is 1.47. The number of nitrogens with one attached hydrogen (secondary N) is 1. The molecule has 0 saturated carbocycles. The number of methoxy groups -OCH3 is 1. The third kappa shape index (κ3) is 6.22. The Morgan fingerprint density at radius 2 is 2.14 bits per heavy atom. The molecule has 0 aromatic carbocycles. The summed E-state index contributed by atoms with van der Waals surface area (Å²) in [5.41, 5.74) is 2.93. The van der Waals surface area contributed by atoms with Gasteiger partial charge in [-0.25, -0.2) is 4.99 Å². The average molecular weight is 504 g/mol. The van der Waals surface area contributed by atoms with Crippen molar-refractivity contribution in [1.82, 2.24) is 15.2 Å². The zero-order chi connectivity index (χ0) is 19.8. The van der Waals surface area contributed by atoms with E-state index in [9.17, 15) is 4.79 Å². The molecule has 1 N–H and O–H groups in total. The molecule has 1 aromatic heterocycles. The van der Waals surface area contributed by atoms with Crippen LogP contribution in [0.1, 0.15) is 43.5 Å². The molecule has 7 nitrogen and oxygen atoms in total. The summed E-state index contributed by atoms with van der Waals surface area (Å²) >= 11 is 0. The quantitative estimate of drug-likeness (QED) is 0.278. The summed E-state index contributed by atoms with van der Waals surface area (Å²) in [6, 6.07) is 0. The van der Waals surface area contributed by atoms with Gasteiger partial charge in [0.1, 0.15) is 5.75 Å². The van der Waals surface area contributed by atoms with E-state index in [1.807, 2.05) is 33.9 Å². The lowest BCUT2D eigenvalue weighted by atomic mass is 9.98. The smallest absolute Gasteiger partial charge is 0.310 e. The Hall–Kier alpha value is -1.58. The van der Waals surface area contributed by atoms with E-state index in [2.05, 4.69) is 15.2 Å². The topological polar surface area (TPSA) is 76.1 Å². The molecule has 1 atom stereocenters. The molecule has 1 aliphatic rings. The van der Waals surface area contributed by atoms with Crippen LogP contribution in [0.25, 0.3) is 0 Å². The molecule has 158 valence electrons. The van der Waals surface area contributed by atoms with Crippen LogP contribution in [0.5, 0.6) is 5.75 Å². The van der Waals surface area contributed by atoms with Crippen molar-refractivity contribution in [3.05, 3.63) is 23.0 Å². The van der Waals surface area contributed by atoms with Gasteiger partial charge in [-0.1, -0.05) is 0 Å². The second-order valence-electron chi connectivity index (χ2n) is 6.75. The fourth-order valence-corrected chi connectivity index (χ4v) is 3.43. The van der Waals surface area contributed by atoms with Crippen LogP contribution in [0.2, 0.25) is 0 Å². The van der Waals surface area contributed by atoms with Crippen molar-refractivity contribution < 1.29 is 14.3 Å². The number of aromatic nitrogens is 1. The van der Waals surface area contributed by atoms with Crippen LogP contribution in [-0.2, 0) is 16.1 Å². The average Bonchev–Trinajstić information content (AvgIpc) is 2.67. The molecule has 0 aliphatic carbocycles. The Bertz CT molecular complexity index is 682. The van der Waals surface area contributed by atoms with Crippen LogP contribution in [0.3, 0.4) is 0 Å². The minimum atomic E-state index is -0.112. The Kier molecular flexibility index (Phi) is 10.6. The minimum Gasteiger partial charge on any atom is -0.496 e. The van der Waals surface area contributed by atoms with Gasteiger partial charge in [0, 0.05) is 37.0 Å². The van der Waals surface area contributed by atoms with Crippen molar-refractivity contribution in [2.24, 2.45) is 10.9 Å². The predicted molar refractivity (Wildman–Crippen MR) is 121 cm³/mol. The number of carbonyl (C=O) groups excluding carboxylic acids is 1. The van der Waals surface area contributed by atoms with E-state index in [0.717, 1.165) is 54.5 Å². The molecule has 1 saturated heterocycles. The van der Waals surface area contributed by atoms with Gasteiger partial charge in [-0.2, -0.15) is 0 Å². The molecule has 2 rings (SSSR count). The largest absolute Gasteiger partial charge is 0.496 e. The summed E-state index contributed by atoms with van der Waals surface area (Å²) in [7, 11) is 1.68. The Morgan fingerprint density at radius 1 is 1.39 bits per heavy atom. The van der Waals surface area contributed by atoms with Crippen LogP contribution >= 0.6 is 24.0 Å². The number of piperidine rings is 1. The van der Waals surface area contributed by atoms with Crippen molar-refractivity contribution in [2.45, 2.75) is 47.1 Å². The van der Waals surface area contributed by atoms with Gasteiger partial charge in [0.2, 0.25) is 0 Å². The van der Waals surface area contributed by atoms with Crippen molar-refractivity contribution in [2.75, 3.05) is 33.4 Å². The Labute approximate surface area is 185 Å². The predicted octanol–water partition coefficient (Wildman–Crippen LogP) is 3.07. The highest BCUT2D eigenvalue weighted by molar-refractivity contribution is 14.0. The van der Waals surface area contributed by atoms with Crippen molar-refractivity contribution in [3.63, 3.8) is 0 Å². The molecule has 0 radical (unpaired) electrons. The third-order valence-corrected chi connectivity index (χ3v) is 4.80. The van der Waals surface area contributed by atoms with E-state index in [-0.39, 0.29) is 35.9 Å². The molecule has 0 spiro atoms. The van der Waals surface area contributed by atoms with Crippen LogP contribution in [0.15, 0.2) is 11.2 Å². The first-order valence-electron chi connectivity index (χ1n) is 9.70. The molecule has 1 aromatic rings. The third-order valence-electron chi connectivity index (χ3n) is 4.80. The SMILES string of the molecule is CCNC(=NCc1ncc(C)c(OC)c1C)N1CCCC(C(=O)OCC)C1.I. The number of hydrogen-bond acceptors (Lipinski definition) is 5. The second kappa shape index (κ2) is 12.1. The number of aryl methyl sites for hydroxylation is 1. The first-order valence-corrected chi connectivity index (χ1v) is 9.70. The highest BCUT2D eigenvalue weighted by Crippen LogP contribution is 2.24. The molecule has 1 aliphatic heterocycles. The number of guanidine groups is 1. The highest BCUT2D eigenvalue weighted by atomic mass is 127. The molecular formula is C20H33IN4O3. The molecular weight excluding hydrogens is 471 g/mol. The number of nitrogens with zero attached hydrogens (tertiary/aromatic N) is 3. The normalized spacial score (nSPS) is 17.0. The fourth-order valence-electron chi connectivity index (χ4n) is 3.43.